The average Bonchev–Trinajstić information content (AvgIpc) is 2.46. The van der Waals surface area contributed by atoms with Crippen molar-refractivity contribution in [1.29, 1.82) is 0 Å². The summed E-state index contributed by atoms with van der Waals surface area (Å²) in [6.45, 7) is 2.62. The van der Waals surface area contributed by atoms with Gasteiger partial charge < -0.3 is 14.8 Å². The fourth-order valence-corrected chi connectivity index (χ4v) is 2.26. The van der Waals surface area contributed by atoms with E-state index in [2.05, 4.69) is 11.6 Å². The summed E-state index contributed by atoms with van der Waals surface area (Å²) in [5.41, 5.74) is 0. The van der Waals surface area contributed by atoms with Crippen molar-refractivity contribution in [2.75, 3.05) is 38.8 Å². The van der Waals surface area contributed by atoms with Crippen molar-refractivity contribution in [3.63, 3.8) is 0 Å². The quantitative estimate of drug-likeness (QED) is 0.632. The molecule has 19 heavy (non-hydrogen) atoms. The molecule has 0 aliphatic carbocycles. The molecule has 0 atom stereocenters. The van der Waals surface area contributed by atoms with E-state index in [0.717, 1.165) is 24.6 Å². The van der Waals surface area contributed by atoms with E-state index < -0.39 is 0 Å². The van der Waals surface area contributed by atoms with E-state index in [1.54, 1.807) is 7.11 Å². The maximum Gasteiger partial charge on any atom is 0.161 e. The normalized spacial score (nSPS) is 10.4. The smallest absolute Gasteiger partial charge is 0.161 e. The molecule has 0 amide bonds. The first-order valence-corrected chi connectivity index (χ1v) is 8.23. The molecule has 0 radical (unpaired) electrons. The maximum atomic E-state index is 5.68. The molecular formula is C15H25NO2S. The largest absolute Gasteiger partial charge is 0.493 e. The van der Waals surface area contributed by atoms with E-state index in [0.29, 0.717) is 6.61 Å². The van der Waals surface area contributed by atoms with Gasteiger partial charge in [0.15, 0.2) is 11.5 Å². The highest BCUT2D eigenvalue weighted by atomic mass is 32.2. The Kier molecular flexibility index (Phi) is 9.37. The third-order valence-corrected chi connectivity index (χ3v) is 3.50. The Morgan fingerprint density at radius 2 is 1.84 bits per heavy atom. The van der Waals surface area contributed by atoms with Gasteiger partial charge in [-0.25, -0.2) is 0 Å². The fourth-order valence-electron chi connectivity index (χ4n) is 1.77. The molecular weight excluding hydrogens is 258 g/mol. The van der Waals surface area contributed by atoms with Gasteiger partial charge in [-0.2, -0.15) is 11.8 Å². The van der Waals surface area contributed by atoms with E-state index in [-0.39, 0.29) is 0 Å². The van der Waals surface area contributed by atoms with Crippen LogP contribution in [0.25, 0.3) is 0 Å². The molecule has 108 valence electrons. The molecule has 0 bridgehead atoms. The third-order valence-electron chi connectivity index (χ3n) is 2.81. The number of hydrogen-bond donors (Lipinski definition) is 1. The molecule has 0 saturated carbocycles. The van der Waals surface area contributed by atoms with Crippen molar-refractivity contribution < 1.29 is 9.47 Å². The minimum absolute atomic E-state index is 0.672. The van der Waals surface area contributed by atoms with Crippen molar-refractivity contribution in [3.8, 4) is 11.5 Å². The predicted molar refractivity (Wildman–Crippen MR) is 83.6 cm³/mol. The molecule has 0 saturated heterocycles. The standard InChI is InChI=1S/C15H25NO2S/c1-17-14-8-4-5-9-15(14)18-12-11-16-10-6-3-7-13-19-2/h4-5,8-9,16H,3,6-7,10-13H2,1-2H3. The van der Waals surface area contributed by atoms with Gasteiger partial charge in [0.25, 0.3) is 0 Å². The number of nitrogens with one attached hydrogen (secondary N) is 1. The van der Waals surface area contributed by atoms with E-state index in [4.69, 9.17) is 9.47 Å². The van der Waals surface area contributed by atoms with Crippen LogP contribution in [0.5, 0.6) is 11.5 Å². The molecule has 0 aliphatic heterocycles. The molecule has 0 fully saturated rings. The minimum atomic E-state index is 0.672. The number of para-hydroxylation sites is 2. The Balaban J connectivity index is 2.01. The number of hydrogen-bond acceptors (Lipinski definition) is 4. The molecule has 0 aliphatic rings. The van der Waals surface area contributed by atoms with Crippen molar-refractivity contribution in [2.24, 2.45) is 0 Å². The maximum absolute atomic E-state index is 5.68. The molecule has 3 nitrogen and oxygen atoms in total. The van der Waals surface area contributed by atoms with Crippen LogP contribution < -0.4 is 14.8 Å². The third kappa shape index (κ3) is 7.33. The molecule has 0 unspecified atom stereocenters. The van der Waals surface area contributed by atoms with Crippen LogP contribution in [0, 0.1) is 0 Å². The second kappa shape index (κ2) is 11.0. The summed E-state index contributed by atoms with van der Waals surface area (Å²) in [7, 11) is 1.66. The molecule has 0 heterocycles. The average molecular weight is 283 g/mol. The number of benzene rings is 1. The van der Waals surface area contributed by atoms with Gasteiger partial charge in [0.1, 0.15) is 6.61 Å². The van der Waals surface area contributed by atoms with Gasteiger partial charge in [0.2, 0.25) is 0 Å². The molecule has 1 aromatic carbocycles. The summed E-state index contributed by atoms with van der Waals surface area (Å²) >= 11 is 1.92. The predicted octanol–water partition coefficient (Wildman–Crippen LogP) is 3.20. The molecule has 1 N–H and O–H groups in total. The lowest BCUT2D eigenvalue weighted by Crippen LogP contribution is -2.22. The first-order chi connectivity index (χ1) is 9.38. The van der Waals surface area contributed by atoms with Crippen molar-refractivity contribution >= 4 is 11.8 Å². The highest BCUT2D eigenvalue weighted by molar-refractivity contribution is 7.98. The SMILES string of the molecule is COc1ccccc1OCCNCCCCCSC. The summed E-state index contributed by atoms with van der Waals surface area (Å²) in [6, 6.07) is 7.74. The fraction of sp³-hybridized carbons (Fsp3) is 0.600. The summed E-state index contributed by atoms with van der Waals surface area (Å²) < 4.78 is 10.9. The lowest BCUT2D eigenvalue weighted by atomic mass is 10.2. The van der Waals surface area contributed by atoms with Crippen LogP contribution in [0.2, 0.25) is 0 Å². The lowest BCUT2D eigenvalue weighted by Gasteiger charge is -2.10. The van der Waals surface area contributed by atoms with E-state index in [1.165, 1.54) is 25.0 Å². The Morgan fingerprint density at radius 3 is 2.58 bits per heavy atom. The van der Waals surface area contributed by atoms with Crippen LogP contribution in [0.3, 0.4) is 0 Å². The molecule has 1 aromatic rings. The van der Waals surface area contributed by atoms with Gasteiger partial charge in [-0.1, -0.05) is 18.6 Å². The zero-order valence-corrected chi connectivity index (χ0v) is 12.8. The van der Waals surface area contributed by atoms with Gasteiger partial charge in [-0.15, -0.1) is 0 Å². The summed E-state index contributed by atoms with van der Waals surface area (Å²) in [5.74, 6) is 2.88. The summed E-state index contributed by atoms with van der Waals surface area (Å²) in [4.78, 5) is 0. The van der Waals surface area contributed by atoms with Crippen molar-refractivity contribution in [2.45, 2.75) is 19.3 Å². The van der Waals surface area contributed by atoms with E-state index >= 15 is 0 Å². The lowest BCUT2D eigenvalue weighted by molar-refractivity contribution is 0.292. The van der Waals surface area contributed by atoms with Gasteiger partial charge in [-0.3, -0.25) is 0 Å². The Labute approximate surface area is 121 Å². The van der Waals surface area contributed by atoms with Gasteiger partial charge in [0, 0.05) is 6.54 Å². The Hall–Kier alpha value is -0.870. The number of ether oxygens (including phenoxy) is 2. The van der Waals surface area contributed by atoms with Gasteiger partial charge in [0.05, 0.1) is 7.11 Å². The zero-order chi connectivity index (χ0) is 13.8. The van der Waals surface area contributed by atoms with E-state index in [1.807, 2.05) is 36.0 Å². The Bertz CT molecular complexity index is 334. The Morgan fingerprint density at radius 1 is 1.05 bits per heavy atom. The highest BCUT2D eigenvalue weighted by Crippen LogP contribution is 2.25. The molecule has 1 rings (SSSR count). The first kappa shape index (κ1) is 16.2. The molecule has 0 aromatic heterocycles. The van der Waals surface area contributed by atoms with Crippen LogP contribution in [-0.4, -0.2) is 38.8 Å². The van der Waals surface area contributed by atoms with E-state index in [9.17, 15) is 0 Å². The van der Waals surface area contributed by atoms with Gasteiger partial charge >= 0.3 is 0 Å². The van der Waals surface area contributed by atoms with Gasteiger partial charge in [-0.05, 0) is 43.5 Å². The highest BCUT2D eigenvalue weighted by Gasteiger charge is 2.01. The van der Waals surface area contributed by atoms with Crippen molar-refractivity contribution in [3.05, 3.63) is 24.3 Å². The topological polar surface area (TPSA) is 30.5 Å². The van der Waals surface area contributed by atoms with Crippen LogP contribution in [0.1, 0.15) is 19.3 Å². The number of unbranched alkanes of at least 4 members (excludes halogenated alkanes) is 2. The molecule has 4 heteroatoms. The van der Waals surface area contributed by atoms with Crippen molar-refractivity contribution in [1.82, 2.24) is 5.32 Å². The minimum Gasteiger partial charge on any atom is -0.493 e. The summed E-state index contributed by atoms with van der Waals surface area (Å²) in [5, 5.41) is 3.40. The van der Waals surface area contributed by atoms with Crippen LogP contribution in [-0.2, 0) is 0 Å². The zero-order valence-electron chi connectivity index (χ0n) is 12.0. The molecule has 0 spiro atoms. The second-order valence-corrected chi connectivity index (χ2v) is 5.29. The number of methoxy groups -OCH3 is 1. The van der Waals surface area contributed by atoms with Crippen LogP contribution in [0.4, 0.5) is 0 Å². The second-order valence-electron chi connectivity index (χ2n) is 4.30. The monoisotopic (exact) mass is 283 g/mol. The first-order valence-electron chi connectivity index (χ1n) is 6.84. The number of thioether (sulfide) groups is 1. The summed E-state index contributed by atoms with van der Waals surface area (Å²) in [6.07, 6.45) is 6.03. The van der Waals surface area contributed by atoms with Crippen LogP contribution in [0.15, 0.2) is 24.3 Å². The van der Waals surface area contributed by atoms with Crippen LogP contribution >= 0.6 is 11.8 Å². The number of rotatable bonds is 11.